The van der Waals surface area contributed by atoms with E-state index in [9.17, 15) is 13.2 Å². The molecule has 34 heavy (non-hydrogen) atoms. The van der Waals surface area contributed by atoms with Crippen LogP contribution in [0.25, 0.3) is 0 Å². The number of nitrogens with one attached hydrogen (secondary N) is 1. The smallest absolute Gasteiger partial charge is 0.308 e. The van der Waals surface area contributed by atoms with Gasteiger partial charge >= 0.3 is 5.97 Å². The number of methoxy groups -OCH3 is 1. The second-order valence-corrected chi connectivity index (χ2v) is 11.5. The fourth-order valence-electron chi connectivity index (χ4n) is 5.42. The van der Waals surface area contributed by atoms with Crippen molar-refractivity contribution >= 4 is 16.0 Å². The summed E-state index contributed by atoms with van der Waals surface area (Å²) in [7, 11) is -1.83. The largest absolute Gasteiger partial charge is 0.494 e. The first kappa shape index (κ1) is 24.7. The monoisotopic (exact) mass is 485 g/mol. The predicted molar refractivity (Wildman–Crippen MR) is 132 cm³/mol. The van der Waals surface area contributed by atoms with Crippen molar-refractivity contribution < 1.29 is 22.7 Å². The molecule has 2 aromatic carbocycles. The first-order valence-corrected chi connectivity index (χ1v) is 13.9. The van der Waals surface area contributed by atoms with Crippen molar-refractivity contribution in [2.75, 3.05) is 26.0 Å². The average Bonchev–Trinajstić information content (AvgIpc) is 3.20. The Labute approximate surface area is 203 Å². The number of sulfonamides is 1. The molecular weight excluding hydrogens is 450 g/mol. The number of hydrogen-bond donors (Lipinski definition) is 1. The van der Waals surface area contributed by atoms with Crippen molar-refractivity contribution in [1.82, 2.24) is 4.72 Å². The van der Waals surface area contributed by atoms with Gasteiger partial charge in [-0.3, -0.25) is 4.79 Å². The first-order chi connectivity index (χ1) is 16.4. The summed E-state index contributed by atoms with van der Waals surface area (Å²) >= 11 is 0. The topological polar surface area (TPSA) is 81.7 Å². The molecule has 1 saturated carbocycles. The lowest BCUT2D eigenvalue weighted by molar-refractivity contribution is -0.147. The van der Waals surface area contributed by atoms with Crippen LogP contribution >= 0.6 is 0 Å². The van der Waals surface area contributed by atoms with Crippen molar-refractivity contribution in [2.45, 2.75) is 56.8 Å². The van der Waals surface area contributed by atoms with Crippen molar-refractivity contribution in [1.29, 1.82) is 0 Å². The van der Waals surface area contributed by atoms with Gasteiger partial charge in [0.05, 0.1) is 25.4 Å². The lowest BCUT2D eigenvalue weighted by Gasteiger charge is -2.37. The fourth-order valence-corrected chi connectivity index (χ4v) is 6.52. The third kappa shape index (κ3) is 5.99. The maximum atomic E-state index is 12.2. The standard InChI is InChI=1S/C27H35NO5S/c1-32-26(29)23-11-15-27(16-12-23)14-10-22-8-9-24(20-25(22)27)33-18-5-17-28-34(30,31)19-13-21-6-3-2-4-7-21/h2-4,6-9,20,23,28H,5,10-19H2,1H3. The minimum Gasteiger partial charge on any atom is -0.494 e. The van der Waals surface area contributed by atoms with Crippen LogP contribution in [0.3, 0.4) is 0 Å². The maximum absolute atomic E-state index is 12.2. The number of hydrogen-bond acceptors (Lipinski definition) is 5. The first-order valence-electron chi connectivity index (χ1n) is 12.3. The summed E-state index contributed by atoms with van der Waals surface area (Å²) in [6.45, 7) is 0.818. The molecule has 0 aliphatic heterocycles. The van der Waals surface area contributed by atoms with Gasteiger partial charge in [-0.15, -0.1) is 0 Å². The lowest BCUT2D eigenvalue weighted by atomic mass is 9.67. The van der Waals surface area contributed by atoms with Gasteiger partial charge in [0.2, 0.25) is 10.0 Å². The molecule has 1 spiro atoms. The molecule has 0 saturated heterocycles. The van der Waals surface area contributed by atoms with Crippen molar-refractivity contribution in [3.63, 3.8) is 0 Å². The van der Waals surface area contributed by atoms with Crippen LogP contribution in [0.5, 0.6) is 5.75 Å². The fraction of sp³-hybridized carbons (Fsp3) is 0.519. The number of rotatable bonds is 10. The van der Waals surface area contributed by atoms with E-state index in [1.165, 1.54) is 18.2 Å². The van der Waals surface area contributed by atoms with Crippen LogP contribution in [0.15, 0.2) is 48.5 Å². The molecule has 0 amide bonds. The Morgan fingerprint density at radius 1 is 1.09 bits per heavy atom. The van der Waals surface area contributed by atoms with Gasteiger partial charge < -0.3 is 9.47 Å². The average molecular weight is 486 g/mol. The molecule has 1 N–H and O–H groups in total. The molecule has 0 atom stereocenters. The van der Waals surface area contributed by atoms with Crippen LogP contribution in [-0.2, 0) is 37.8 Å². The van der Waals surface area contributed by atoms with Gasteiger partial charge in [0.1, 0.15) is 5.75 Å². The quantitative estimate of drug-likeness (QED) is 0.404. The molecular formula is C27H35NO5S. The molecule has 184 valence electrons. The molecule has 2 aliphatic rings. The van der Waals surface area contributed by atoms with Gasteiger partial charge in [0.15, 0.2) is 0 Å². The van der Waals surface area contributed by atoms with Gasteiger partial charge in [0, 0.05) is 6.54 Å². The number of ether oxygens (including phenoxy) is 2. The molecule has 7 heteroatoms. The molecule has 4 rings (SSSR count). The highest BCUT2D eigenvalue weighted by molar-refractivity contribution is 7.89. The molecule has 0 aromatic heterocycles. The zero-order valence-electron chi connectivity index (χ0n) is 19.9. The Hall–Kier alpha value is -2.38. The van der Waals surface area contributed by atoms with Crippen LogP contribution in [0.1, 0.15) is 55.2 Å². The van der Waals surface area contributed by atoms with Gasteiger partial charge in [-0.1, -0.05) is 36.4 Å². The van der Waals surface area contributed by atoms with Crippen molar-refractivity contribution in [2.24, 2.45) is 5.92 Å². The minimum atomic E-state index is -3.30. The Morgan fingerprint density at radius 3 is 2.59 bits per heavy atom. The molecule has 0 bridgehead atoms. The van der Waals surface area contributed by atoms with E-state index in [0.717, 1.165) is 49.8 Å². The second kappa shape index (κ2) is 10.9. The van der Waals surface area contributed by atoms with Crippen LogP contribution in [-0.4, -0.2) is 40.4 Å². The Kier molecular flexibility index (Phi) is 7.94. The molecule has 1 fully saturated rings. The SMILES string of the molecule is COC(=O)C1CCC2(CCc3ccc(OCCCNS(=O)(=O)CCc4ccccc4)cc32)CC1. The molecule has 2 aliphatic carbocycles. The second-order valence-electron chi connectivity index (χ2n) is 9.55. The van der Waals surface area contributed by atoms with E-state index in [1.54, 1.807) is 0 Å². The maximum Gasteiger partial charge on any atom is 0.308 e. The highest BCUT2D eigenvalue weighted by Crippen LogP contribution is 2.50. The van der Waals surface area contributed by atoms with Crippen molar-refractivity contribution in [3.8, 4) is 5.75 Å². The van der Waals surface area contributed by atoms with E-state index in [0.29, 0.717) is 26.0 Å². The van der Waals surface area contributed by atoms with E-state index in [4.69, 9.17) is 9.47 Å². The highest BCUT2D eigenvalue weighted by Gasteiger charge is 2.43. The summed E-state index contributed by atoms with van der Waals surface area (Å²) in [6.07, 6.45) is 7.08. The number of aryl methyl sites for hydroxylation is 2. The zero-order valence-corrected chi connectivity index (χ0v) is 20.7. The third-order valence-electron chi connectivity index (χ3n) is 7.42. The van der Waals surface area contributed by atoms with E-state index < -0.39 is 10.0 Å². The van der Waals surface area contributed by atoms with Gasteiger partial charge in [0.25, 0.3) is 0 Å². The summed E-state index contributed by atoms with van der Waals surface area (Å²) in [5.41, 5.74) is 3.92. The number of fused-ring (bicyclic) bond motifs is 2. The van der Waals surface area contributed by atoms with Crippen LogP contribution < -0.4 is 9.46 Å². The normalized spacial score (nSPS) is 21.9. The molecule has 2 aromatic rings. The van der Waals surface area contributed by atoms with Crippen LogP contribution in [0.2, 0.25) is 0 Å². The number of carbonyl (C=O) groups excluding carboxylic acids is 1. The number of esters is 1. The third-order valence-corrected chi connectivity index (χ3v) is 8.80. The highest BCUT2D eigenvalue weighted by atomic mass is 32.2. The lowest BCUT2D eigenvalue weighted by Crippen LogP contribution is -2.32. The number of benzene rings is 2. The van der Waals surface area contributed by atoms with Crippen LogP contribution in [0.4, 0.5) is 0 Å². The predicted octanol–water partition coefficient (Wildman–Crippen LogP) is 4.16. The number of carbonyl (C=O) groups is 1. The Bertz CT molecular complexity index is 1080. The van der Waals surface area contributed by atoms with E-state index >= 15 is 0 Å². The van der Waals surface area contributed by atoms with E-state index in [2.05, 4.69) is 16.9 Å². The van der Waals surface area contributed by atoms with Crippen LogP contribution in [0, 0.1) is 5.92 Å². The van der Waals surface area contributed by atoms with Crippen molar-refractivity contribution in [3.05, 3.63) is 65.2 Å². The van der Waals surface area contributed by atoms with Gasteiger partial charge in [-0.2, -0.15) is 0 Å². The summed E-state index contributed by atoms with van der Waals surface area (Å²) in [6, 6.07) is 16.0. The molecule has 0 unspecified atom stereocenters. The summed E-state index contributed by atoms with van der Waals surface area (Å²) in [5, 5.41) is 0. The minimum absolute atomic E-state index is 0.0237. The Balaban J connectivity index is 1.24. The zero-order chi connectivity index (χ0) is 24.0. The summed E-state index contributed by atoms with van der Waals surface area (Å²) in [5.74, 6) is 0.861. The van der Waals surface area contributed by atoms with E-state index in [-0.39, 0.29) is 23.1 Å². The molecule has 0 heterocycles. The van der Waals surface area contributed by atoms with Gasteiger partial charge in [-0.05, 0) is 85.6 Å². The molecule has 6 nitrogen and oxygen atoms in total. The van der Waals surface area contributed by atoms with E-state index in [1.807, 2.05) is 36.4 Å². The van der Waals surface area contributed by atoms with Gasteiger partial charge in [-0.25, -0.2) is 13.1 Å². The Morgan fingerprint density at radius 2 is 1.85 bits per heavy atom. The molecule has 0 radical (unpaired) electrons. The summed E-state index contributed by atoms with van der Waals surface area (Å²) in [4.78, 5) is 11.9. The summed E-state index contributed by atoms with van der Waals surface area (Å²) < 4.78 is 38.1.